The number of thiophene rings is 1. The van der Waals surface area contributed by atoms with Crippen molar-refractivity contribution in [3.8, 4) is 0 Å². The van der Waals surface area contributed by atoms with Gasteiger partial charge in [0.2, 0.25) is 0 Å². The van der Waals surface area contributed by atoms with E-state index in [1.807, 2.05) is 13.8 Å². The standard InChI is InChI=1S/C13H21ClN2O2S2/c1-3-16(11-6-4-5-10(11)8-15)20(17,18)12-7-9(2)13(14)19-12/h7,10-11H,3-6,8,15H2,1-2H3. The Hall–Kier alpha value is -0.140. The number of aryl methyl sites for hydroxylation is 1. The van der Waals surface area contributed by atoms with Crippen molar-refractivity contribution in [3.05, 3.63) is 16.0 Å². The van der Waals surface area contributed by atoms with E-state index in [1.165, 1.54) is 0 Å². The van der Waals surface area contributed by atoms with Crippen LogP contribution >= 0.6 is 22.9 Å². The molecule has 2 unspecified atom stereocenters. The highest BCUT2D eigenvalue weighted by atomic mass is 35.5. The molecule has 2 rings (SSSR count). The lowest BCUT2D eigenvalue weighted by atomic mass is 10.0. The summed E-state index contributed by atoms with van der Waals surface area (Å²) in [5.41, 5.74) is 6.60. The normalized spacial score (nSPS) is 23.6. The maximum Gasteiger partial charge on any atom is 0.252 e. The first kappa shape index (κ1) is 16.2. The summed E-state index contributed by atoms with van der Waals surface area (Å²) in [7, 11) is -3.47. The molecule has 1 aromatic rings. The highest BCUT2D eigenvalue weighted by Crippen LogP contribution is 2.36. The lowest BCUT2D eigenvalue weighted by Crippen LogP contribution is -2.43. The Labute approximate surface area is 130 Å². The number of nitrogens with two attached hydrogens (primary N) is 1. The van der Waals surface area contributed by atoms with Crippen LogP contribution in [0, 0.1) is 12.8 Å². The summed E-state index contributed by atoms with van der Waals surface area (Å²) < 4.78 is 28.1. The number of rotatable bonds is 5. The van der Waals surface area contributed by atoms with Gasteiger partial charge in [-0.15, -0.1) is 11.3 Å². The fourth-order valence-electron chi connectivity index (χ4n) is 2.93. The number of hydrogen-bond acceptors (Lipinski definition) is 4. The predicted molar refractivity (Wildman–Crippen MR) is 83.8 cm³/mol. The van der Waals surface area contributed by atoms with Gasteiger partial charge in [-0.25, -0.2) is 8.42 Å². The first-order valence-corrected chi connectivity index (χ1v) is 9.53. The van der Waals surface area contributed by atoms with Crippen LogP contribution in [-0.4, -0.2) is 31.9 Å². The Morgan fingerprint density at radius 1 is 1.50 bits per heavy atom. The van der Waals surface area contributed by atoms with E-state index in [0.29, 0.717) is 21.6 Å². The van der Waals surface area contributed by atoms with Crippen molar-refractivity contribution in [1.82, 2.24) is 4.31 Å². The van der Waals surface area contributed by atoms with Crippen LogP contribution in [0.3, 0.4) is 0 Å². The highest BCUT2D eigenvalue weighted by molar-refractivity contribution is 7.91. The zero-order valence-corrected chi connectivity index (χ0v) is 14.2. The quantitative estimate of drug-likeness (QED) is 0.899. The van der Waals surface area contributed by atoms with Gasteiger partial charge >= 0.3 is 0 Å². The van der Waals surface area contributed by atoms with Crippen molar-refractivity contribution in [1.29, 1.82) is 0 Å². The van der Waals surface area contributed by atoms with E-state index in [2.05, 4.69) is 0 Å². The van der Waals surface area contributed by atoms with E-state index in [9.17, 15) is 8.42 Å². The SMILES string of the molecule is CCN(C1CCCC1CN)S(=O)(=O)c1cc(C)c(Cl)s1. The summed E-state index contributed by atoms with van der Waals surface area (Å²) in [6.07, 6.45) is 2.95. The van der Waals surface area contributed by atoms with Gasteiger partial charge in [0.05, 0.1) is 4.34 Å². The van der Waals surface area contributed by atoms with Crippen LogP contribution in [0.1, 0.15) is 31.7 Å². The van der Waals surface area contributed by atoms with Gasteiger partial charge in [-0.3, -0.25) is 0 Å². The van der Waals surface area contributed by atoms with Crippen LogP contribution in [0.2, 0.25) is 4.34 Å². The summed E-state index contributed by atoms with van der Waals surface area (Å²) in [6, 6.07) is 1.69. The molecule has 1 saturated carbocycles. The van der Waals surface area contributed by atoms with E-state index in [-0.39, 0.29) is 12.0 Å². The largest absolute Gasteiger partial charge is 0.330 e. The molecule has 1 aliphatic carbocycles. The number of hydrogen-bond donors (Lipinski definition) is 1. The number of nitrogens with zero attached hydrogens (tertiary/aromatic N) is 1. The fraction of sp³-hybridized carbons (Fsp3) is 0.692. The minimum Gasteiger partial charge on any atom is -0.330 e. The topological polar surface area (TPSA) is 63.4 Å². The molecule has 4 nitrogen and oxygen atoms in total. The van der Waals surface area contributed by atoms with Crippen molar-refractivity contribution in [2.24, 2.45) is 11.7 Å². The van der Waals surface area contributed by atoms with Gasteiger partial charge in [0.25, 0.3) is 10.0 Å². The summed E-state index contributed by atoms with van der Waals surface area (Å²) >= 11 is 7.15. The lowest BCUT2D eigenvalue weighted by molar-refractivity contribution is 0.276. The second kappa shape index (κ2) is 6.32. The maximum atomic E-state index is 12.8. The molecule has 0 aliphatic heterocycles. The molecule has 7 heteroatoms. The van der Waals surface area contributed by atoms with E-state index in [1.54, 1.807) is 10.4 Å². The van der Waals surface area contributed by atoms with Crippen molar-refractivity contribution >= 4 is 33.0 Å². The maximum absolute atomic E-state index is 12.8. The minimum absolute atomic E-state index is 0.0242. The number of halogens is 1. The monoisotopic (exact) mass is 336 g/mol. The van der Waals surface area contributed by atoms with Crippen molar-refractivity contribution in [2.45, 2.75) is 43.4 Å². The summed E-state index contributed by atoms with van der Waals surface area (Å²) in [5, 5.41) is 0. The van der Waals surface area contributed by atoms with Gasteiger partial charge in [-0.05, 0) is 43.9 Å². The van der Waals surface area contributed by atoms with E-state index in [4.69, 9.17) is 17.3 Å². The Morgan fingerprint density at radius 2 is 2.20 bits per heavy atom. The average Bonchev–Trinajstić information content (AvgIpc) is 2.98. The first-order chi connectivity index (χ1) is 9.41. The van der Waals surface area contributed by atoms with Crippen molar-refractivity contribution < 1.29 is 8.42 Å². The molecule has 1 fully saturated rings. The summed E-state index contributed by atoms with van der Waals surface area (Å²) in [5.74, 6) is 0.265. The predicted octanol–water partition coefficient (Wildman–Crippen LogP) is 2.85. The fourth-order valence-corrected chi connectivity index (χ4v) is 6.49. The second-order valence-corrected chi connectivity index (χ2v) is 9.00. The van der Waals surface area contributed by atoms with E-state index < -0.39 is 10.0 Å². The molecule has 1 aliphatic rings. The molecule has 114 valence electrons. The zero-order chi connectivity index (χ0) is 14.9. The second-order valence-electron chi connectivity index (χ2n) is 5.22. The van der Waals surface area contributed by atoms with Gasteiger partial charge in [0.15, 0.2) is 0 Å². The van der Waals surface area contributed by atoms with Crippen LogP contribution in [-0.2, 0) is 10.0 Å². The van der Waals surface area contributed by atoms with Gasteiger partial charge in [0.1, 0.15) is 4.21 Å². The molecule has 2 N–H and O–H groups in total. The molecule has 0 aromatic carbocycles. The molecule has 1 aromatic heterocycles. The molecule has 2 atom stereocenters. The third-order valence-electron chi connectivity index (χ3n) is 4.00. The average molecular weight is 337 g/mol. The van der Waals surface area contributed by atoms with Gasteiger partial charge in [0, 0.05) is 12.6 Å². The van der Waals surface area contributed by atoms with Gasteiger partial charge in [-0.2, -0.15) is 4.31 Å². The molecule has 0 amide bonds. The Balaban J connectivity index is 2.34. The molecule has 0 bridgehead atoms. The van der Waals surface area contributed by atoms with E-state index in [0.717, 1.165) is 36.2 Å². The third-order valence-corrected chi connectivity index (χ3v) is 8.01. The Kier molecular flexibility index (Phi) is 5.13. The van der Waals surface area contributed by atoms with Crippen molar-refractivity contribution in [3.63, 3.8) is 0 Å². The molecule has 1 heterocycles. The van der Waals surface area contributed by atoms with E-state index >= 15 is 0 Å². The summed E-state index contributed by atoms with van der Waals surface area (Å²) in [6.45, 7) is 4.72. The molecular weight excluding hydrogens is 316 g/mol. The minimum atomic E-state index is -3.47. The van der Waals surface area contributed by atoms with Crippen LogP contribution in [0.15, 0.2) is 10.3 Å². The van der Waals surface area contributed by atoms with Crippen molar-refractivity contribution in [2.75, 3.05) is 13.1 Å². The number of sulfonamides is 1. The Bertz CT molecular complexity index is 551. The Morgan fingerprint density at radius 3 is 2.70 bits per heavy atom. The molecule has 0 radical (unpaired) electrons. The lowest BCUT2D eigenvalue weighted by Gasteiger charge is -2.30. The molecule has 20 heavy (non-hydrogen) atoms. The van der Waals surface area contributed by atoms with Crippen LogP contribution in [0.4, 0.5) is 0 Å². The smallest absolute Gasteiger partial charge is 0.252 e. The first-order valence-electron chi connectivity index (χ1n) is 6.89. The van der Waals surface area contributed by atoms with Gasteiger partial charge < -0.3 is 5.73 Å². The molecule has 0 spiro atoms. The van der Waals surface area contributed by atoms with Crippen LogP contribution in [0.5, 0.6) is 0 Å². The molecular formula is C13H21ClN2O2S2. The summed E-state index contributed by atoms with van der Waals surface area (Å²) in [4.78, 5) is 0. The molecule has 0 saturated heterocycles. The third kappa shape index (κ3) is 2.90. The highest BCUT2D eigenvalue weighted by Gasteiger charge is 2.38. The van der Waals surface area contributed by atoms with Crippen LogP contribution in [0.25, 0.3) is 0 Å². The van der Waals surface area contributed by atoms with Gasteiger partial charge in [-0.1, -0.05) is 24.9 Å². The zero-order valence-electron chi connectivity index (χ0n) is 11.8. The van der Waals surface area contributed by atoms with Crippen LogP contribution < -0.4 is 5.73 Å².